The standard InChI is InChI=1S/C25H32N6O2/c1-29(2)14-6-13-26-25(32)23-21-7-4-5-8-22(21)24(28-27-23)31-17-15-30(16-18-31)19-9-11-20(33-3)12-10-19/h4-5,7-12H,6,13-18H2,1-3H3,(H,26,32). The second-order valence-corrected chi connectivity index (χ2v) is 8.50. The van der Waals surface area contributed by atoms with Crippen LogP contribution in [0.5, 0.6) is 5.75 Å². The molecule has 1 fully saturated rings. The number of hydrogen-bond donors (Lipinski definition) is 1. The average molecular weight is 449 g/mol. The molecule has 3 aromatic rings. The molecule has 4 rings (SSSR count). The van der Waals surface area contributed by atoms with Gasteiger partial charge in [-0.2, -0.15) is 0 Å². The van der Waals surface area contributed by atoms with E-state index < -0.39 is 0 Å². The molecule has 1 aliphatic rings. The highest BCUT2D eigenvalue weighted by Crippen LogP contribution is 2.28. The first-order chi connectivity index (χ1) is 16.1. The molecule has 1 N–H and O–H groups in total. The van der Waals surface area contributed by atoms with Crippen molar-refractivity contribution < 1.29 is 9.53 Å². The molecule has 174 valence electrons. The van der Waals surface area contributed by atoms with Crippen LogP contribution in [0, 0.1) is 0 Å². The summed E-state index contributed by atoms with van der Waals surface area (Å²) in [6.45, 7) is 4.98. The van der Waals surface area contributed by atoms with Gasteiger partial charge in [0.05, 0.1) is 7.11 Å². The Morgan fingerprint density at radius 2 is 1.64 bits per heavy atom. The molecule has 1 aromatic heterocycles. The van der Waals surface area contributed by atoms with E-state index in [4.69, 9.17) is 4.74 Å². The van der Waals surface area contributed by atoms with Crippen molar-refractivity contribution in [1.82, 2.24) is 20.4 Å². The van der Waals surface area contributed by atoms with E-state index in [2.05, 4.69) is 42.3 Å². The Balaban J connectivity index is 1.46. The number of ether oxygens (including phenoxy) is 1. The summed E-state index contributed by atoms with van der Waals surface area (Å²) in [7, 11) is 5.73. The number of methoxy groups -OCH3 is 1. The molecule has 0 saturated carbocycles. The number of nitrogens with one attached hydrogen (secondary N) is 1. The quantitative estimate of drug-likeness (QED) is 0.531. The van der Waals surface area contributed by atoms with E-state index in [0.29, 0.717) is 12.2 Å². The highest BCUT2D eigenvalue weighted by Gasteiger charge is 2.22. The van der Waals surface area contributed by atoms with E-state index in [9.17, 15) is 4.79 Å². The Morgan fingerprint density at radius 3 is 2.30 bits per heavy atom. The fourth-order valence-corrected chi connectivity index (χ4v) is 4.14. The van der Waals surface area contributed by atoms with Gasteiger partial charge >= 0.3 is 0 Å². The predicted octanol–water partition coefficient (Wildman–Crippen LogP) is 2.65. The SMILES string of the molecule is COc1ccc(N2CCN(c3nnc(C(=O)NCCCN(C)C)c4ccccc34)CC2)cc1. The van der Waals surface area contributed by atoms with E-state index >= 15 is 0 Å². The van der Waals surface area contributed by atoms with Crippen molar-refractivity contribution in [1.29, 1.82) is 0 Å². The maximum absolute atomic E-state index is 12.8. The molecule has 0 aliphatic carbocycles. The Hall–Kier alpha value is -3.39. The maximum Gasteiger partial charge on any atom is 0.272 e. The van der Waals surface area contributed by atoms with Crippen molar-refractivity contribution in [2.24, 2.45) is 0 Å². The summed E-state index contributed by atoms with van der Waals surface area (Å²) < 4.78 is 5.26. The zero-order valence-electron chi connectivity index (χ0n) is 19.6. The molecule has 2 heterocycles. The molecule has 0 bridgehead atoms. The fourth-order valence-electron chi connectivity index (χ4n) is 4.14. The topological polar surface area (TPSA) is 73.8 Å². The van der Waals surface area contributed by atoms with E-state index in [1.54, 1.807) is 7.11 Å². The van der Waals surface area contributed by atoms with E-state index in [0.717, 1.165) is 61.5 Å². The van der Waals surface area contributed by atoms with Gasteiger partial charge in [-0.25, -0.2) is 0 Å². The van der Waals surface area contributed by atoms with E-state index in [-0.39, 0.29) is 5.91 Å². The number of carbonyl (C=O) groups excluding carboxylic acids is 1. The Morgan fingerprint density at radius 1 is 0.970 bits per heavy atom. The highest BCUT2D eigenvalue weighted by atomic mass is 16.5. The van der Waals surface area contributed by atoms with Crippen molar-refractivity contribution in [3.05, 3.63) is 54.2 Å². The maximum atomic E-state index is 12.8. The number of piperazine rings is 1. The average Bonchev–Trinajstić information content (AvgIpc) is 2.86. The molecule has 2 aromatic carbocycles. The van der Waals surface area contributed by atoms with Crippen LogP contribution in [0.1, 0.15) is 16.9 Å². The summed E-state index contributed by atoms with van der Waals surface area (Å²) in [4.78, 5) is 19.5. The lowest BCUT2D eigenvalue weighted by Gasteiger charge is -2.37. The van der Waals surface area contributed by atoms with E-state index in [1.165, 1.54) is 5.69 Å². The molecule has 1 saturated heterocycles. The lowest BCUT2D eigenvalue weighted by molar-refractivity contribution is 0.0948. The van der Waals surface area contributed by atoms with Gasteiger partial charge in [-0.15, -0.1) is 10.2 Å². The smallest absolute Gasteiger partial charge is 0.272 e. The number of carbonyl (C=O) groups is 1. The van der Waals surface area contributed by atoms with E-state index in [1.807, 2.05) is 50.5 Å². The molecule has 8 heteroatoms. The van der Waals surface area contributed by atoms with Gasteiger partial charge in [-0.1, -0.05) is 24.3 Å². The third kappa shape index (κ3) is 5.34. The molecule has 1 amide bonds. The van der Waals surface area contributed by atoms with Gasteiger partial charge in [0.2, 0.25) is 0 Å². The lowest BCUT2D eigenvalue weighted by atomic mass is 10.1. The van der Waals surface area contributed by atoms with Crippen LogP contribution in [0.4, 0.5) is 11.5 Å². The highest BCUT2D eigenvalue weighted by molar-refractivity contribution is 6.07. The van der Waals surface area contributed by atoms with Crippen LogP contribution in [0.2, 0.25) is 0 Å². The normalized spacial score (nSPS) is 14.1. The number of aromatic nitrogens is 2. The number of nitrogens with zero attached hydrogens (tertiary/aromatic N) is 5. The van der Waals surface area contributed by atoms with Gasteiger partial charge in [0.25, 0.3) is 5.91 Å². The van der Waals surface area contributed by atoms with Crippen LogP contribution in [0.15, 0.2) is 48.5 Å². The first kappa shape index (κ1) is 22.8. The first-order valence-corrected chi connectivity index (χ1v) is 11.4. The molecule has 0 radical (unpaired) electrons. The Bertz CT molecular complexity index is 1080. The minimum Gasteiger partial charge on any atom is -0.497 e. The summed E-state index contributed by atoms with van der Waals surface area (Å²) in [6.07, 6.45) is 0.890. The third-order valence-corrected chi connectivity index (χ3v) is 5.97. The second-order valence-electron chi connectivity index (χ2n) is 8.50. The van der Waals surface area contributed by atoms with Crippen LogP contribution < -0.4 is 19.9 Å². The van der Waals surface area contributed by atoms with Gasteiger partial charge < -0.3 is 24.8 Å². The van der Waals surface area contributed by atoms with Crippen LogP contribution in [0.3, 0.4) is 0 Å². The summed E-state index contributed by atoms with van der Waals surface area (Å²) in [5.41, 5.74) is 1.57. The second kappa shape index (κ2) is 10.5. The molecule has 0 unspecified atom stereocenters. The lowest BCUT2D eigenvalue weighted by Crippen LogP contribution is -2.47. The number of fused-ring (bicyclic) bond motifs is 1. The summed E-state index contributed by atoms with van der Waals surface area (Å²) in [6, 6.07) is 16.1. The largest absolute Gasteiger partial charge is 0.497 e. The van der Waals surface area contributed by atoms with Gasteiger partial charge in [-0.05, 0) is 51.3 Å². The Kier molecular flexibility index (Phi) is 7.24. The van der Waals surface area contributed by atoms with Gasteiger partial charge in [0.15, 0.2) is 11.5 Å². The summed E-state index contributed by atoms with van der Waals surface area (Å²) in [5, 5.41) is 13.6. The zero-order valence-corrected chi connectivity index (χ0v) is 19.6. The van der Waals surface area contributed by atoms with Crippen molar-refractivity contribution in [2.45, 2.75) is 6.42 Å². The third-order valence-electron chi connectivity index (χ3n) is 5.97. The van der Waals surface area contributed by atoms with Gasteiger partial charge in [0, 0.05) is 49.2 Å². The fraction of sp³-hybridized carbons (Fsp3) is 0.400. The first-order valence-electron chi connectivity index (χ1n) is 11.4. The molecular formula is C25H32N6O2. The summed E-state index contributed by atoms with van der Waals surface area (Å²) >= 11 is 0. The van der Waals surface area contributed by atoms with Crippen LogP contribution in [-0.4, -0.2) is 81.5 Å². The van der Waals surface area contributed by atoms with Crippen molar-refractivity contribution in [3.63, 3.8) is 0 Å². The van der Waals surface area contributed by atoms with Crippen LogP contribution in [-0.2, 0) is 0 Å². The van der Waals surface area contributed by atoms with Crippen LogP contribution >= 0.6 is 0 Å². The summed E-state index contributed by atoms with van der Waals surface area (Å²) in [5.74, 6) is 1.53. The predicted molar refractivity (Wildman–Crippen MR) is 132 cm³/mol. The van der Waals surface area contributed by atoms with Crippen LogP contribution in [0.25, 0.3) is 10.8 Å². The number of benzene rings is 2. The van der Waals surface area contributed by atoms with Crippen molar-refractivity contribution in [3.8, 4) is 5.75 Å². The van der Waals surface area contributed by atoms with Crippen molar-refractivity contribution >= 4 is 28.2 Å². The molecule has 1 aliphatic heterocycles. The number of amides is 1. The monoisotopic (exact) mass is 448 g/mol. The molecule has 33 heavy (non-hydrogen) atoms. The van der Waals surface area contributed by atoms with Crippen molar-refractivity contribution in [2.75, 3.05) is 70.3 Å². The Labute approximate surface area is 195 Å². The molecule has 8 nitrogen and oxygen atoms in total. The molecular weight excluding hydrogens is 416 g/mol. The molecule has 0 spiro atoms. The minimum atomic E-state index is -0.173. The number of rotatable bonds is 8. The zero-order chi connectivity index (χ0) is 23.2. The number of anilines is 2. The van der Waals surface area contributed by atoms with Gasteiger partial charge in [-0.3, -0.25) is 4.79 Å². The molecule has 0 atom stereocenters. The minimum absolute atomic E-state index is 0.173. The number of hydrogen-bond acceptors (Lipinski definition) is 7. The van der Waals surface area contributed by atoms with Gasteiger partial charge in [0.1, 0.15) is 5.75 Å².